The number of likely N-dealkylation sites (N-methyl/N-ethyl adjacent to an activating group) is 1. The highest BCUT2D eigenvalue weighted by atomic mass is 32.2. The number of morpholine rings is 1. The molecule has 2 aromatic rings. The molecule has 10 heteroatoms. The minimum absolute atomic E-state index is 0.0903. The summed E-state index contributed by atoms with van der Waals surface area (Å²) in [6, 6.07) is 10.4. The Hall–Kier alpha value is -2.69. The fourth-order valence-electron chi connectivity index (χ4n) is 3.78. The fourth-order valence-corrected chi connectivity index (χ4v) is 5.26. The van der Waals surface area contributed by atoms with Gasteiger partial charge in [0.15, 0.2) is 0 Å². The highest BCUT2D eigenvalue weighted by Gasteiger charge is 2.27. The van der Waals surface area contributed by atoms with Gasteiger partial charge < -0.3 is 19.3 Å². The van der Waals surface area contributed by atoms with Gasteiger partial charge in [0.05, 0.1) is 30.2 Å². The van der Waals surface area contributed by atoms with Gasteiger partial charge in [-0.25, -0.2) is 12.8 Å². The number of carbonyl (C=O) groups excluding carboxylic acids is 1. The van der Waals surface area contributed by atoms with Crippen molar-refractivity contribution in [3.63, 3.8) is 0 Å². The van der Waals surface area contributed by atoms with Crippen LogP contribution in [0.15, 0.2) is 47.4 Å². The molecule has 0 radical (unpaired) electrons. The number of anilines is 1. The number of sulfonamides is 1. The lowest BCUT2D eigenvalue weighted by atomic mass is 10.1. The molecule has 1 saturated heterocycles. The smallest absolute Gasteiger partial charge is 0.255 e. The van der Waals surface area contributed by atoms with Crippen molar-refractivity contribution in [3.05, 3.63) is 53.8 Å². The lowest BCUT2D eigenvalue weighted by molar-refractivity contribution is 0.0773. The molecule has 8 nitrogen and oxygen atoms in total. The van der Waals surface area contributed by atoms with Crippen molar-refractivity contribution in [1.82, 2.24) is 9.21 Å². The normalized spacial score (nSPS) is 14.3. The summed E-state index contributed by atoms with van der Waals surface area (Å²) in [4.78, 5) is 17.1. The van der Waals surface area contributed by atoms with Crippen molar-refractivity contribution in [2.75, 3.05) is 64.5 Å². The maximum absolute atomic E-state index is 13.4. The Kier molecular flexibility index (Phi) is 8.87. The molecule has 1 amide bonds. The van der Waals surface area contributed by atoms with Crippen LogP contribution in [0.2, 0.25) is 0 Å². The Morgan fingerprint density at radius 3 is 2.35 bits per heavy atom. The first-order chi connectivity index (χ1) is 16.3. The quantitative estimate of drug-likeness (QED) is 0.507. The topological polar surface area (TPSA) is 79.4 Å². The van der Waals surface area contributed by atoms with Crippen LogP contribution in [0.25, 0.3) is 0 Å². The van der Waals surface area contributed by atoms with Gasteiger partial charge in [0.2, 0.25) is 10.0 Å². The average molecular weight is 494 g/mol. The minimum atomic E-state index is -3.72. The highest BCUT2D eigenvalue weighted by Crippen LogP contribution is 2.28. The maximum atomic E-state index is 13.4. The summed E-state index contributed by atoms with van der Waals surface area (Å²) in [7, 11) is -2.08. The first-order valence-electron chi connectivity index (χ1n) is 11.4. The largest absolute Gasteiger partial charge is 0.492 e. The Labute approximate surface area is 200 Å². The van der Waals surface area contributed by atoms with Gasteiger partial charge in [-0.15, -0.1) is 0 Å². The third-order valence-electron chi connectivity index (χ3n) is 5.75. The number of rotatable bonds is 10. The van der Waals surface area contributed by atoms with E-state index in [9.17, 15) is 17.6 Å². The van der Waals surface area contributed by atoms with E-state index in [4.69, 9.17) is 9.47 Å². The fraction of sp³-hybridized carbons (Fsp3) is 0.458. The summed E-state index contributed by atoms with van der Waals surface area (Å²) in [5.74, 6) is -0.154. The van der Waals surface area contributed by atoms with Crippen molar-refractivity contribution >= 4 is 21.6 Å². The maximum Gasteiger partial charge on any atom is 0.255 e. The molecule has 1 aliphatic heterocycles. The zero-order valence-corrected chi connectivity index (χ0v) is 20.7. The minimum Gasteiger partial charge on any atom is -0.492 e. The lowest BCUT2D eigenvalue weighted by Gasteiger charge is -2.31. The first kappa shape index (κ1) is 25.9. The van der Waals surface area contributed by atoms with E-state index in [1.165, 1.54) is 39.5 Å². The van der Waals surface area contributed by atoms with Crippen molar-refractivity contribution in [2.45, 2.75) is 18.7 Å². The van der Waals surface area contributed by atoms with Crippen LogP contribution in [-0.2, 0) is 14.8 Å². The number of benzene rings is 2. The number of amides is 1. The summed E-state index contributed by atoms with van der Waals surface area (Å²) < 4.78 is 51.7. The van der Waals surface area contributed by atoms with Gasteiger partial charge in [0.1, 0.15) is 18.2 Å². The molecule has 0 aromatic heterocycles. The van der Waals surface area contributed by atoms with E-state index >= 15 is 0 Å². The Morgan fingerprint density at radius 2 is 1.74 bits per heavy atom. The molecule has 1 heterocycles. The molecule has 0 unspecified atom stereocenters. The summed E-state index contributed by atoms with van der Waals surface area (Å²) in [5.41, 5.74) is 0.998. The SMILES string of the molecule is CCN(CC)S(=O)(=O)c1ccc(N2CCOCC2)c(C(=O)N(C)CCOc2ccc(F)cc2)c1. The third-order valence-corrected chi connectivity index (χ3v) is 7.80. The van der Waals surface area contributed by atoms with E-state index in [2.05, 4.69) is 0 Å². The van der Waals surface area contributed by atoms with Crippen molar-refractivity contribution in [2.24, 2.45) is 0 Å². The zero-order valence-electron chi connectivity index (χ0n) is 19.9. The first-order valence-corrected chi connectivity index (χ1v) is 12.8. The number of ether oxygens (including phenoxy) is 2. The van der Waals surface area contributed by atoms with E-state index < -0.39 is 10.0 Å². The van der Waals surface area contributed by atoms with Crippen LogP contribution in [0.3, 0.4) is 0 Å². The molecule has 1 aliphatic rings. The Bertz CT molecular complexity index is 1070. The molecule has 0 spiro atoms. The molecular formula is C24H32FN3O5S. The van der Waals surface area contributed by atoms with E-state index in [0.29, 0.717) is 56.4 Å². The summed E-state index contributed by atoms with van der Waals surface area (Å²) in [6.07, 6.45) is 0. The van der Waals surface area contributed by atoms with Crippen LogP contribution in [0.5, 0.6) is 5.75 Å². The number of nitrogens with zero attached hydrogens (tertiary/aromatic N) is 3. The Morgan fingerprint density at radius 1 is 1.09 bits per heavy atom. The number of hydrogen-bond acceptors (Lipinski definition) is 6. The van der Waals surface area contributed by atoms with E-state index in [1.54, 1.807) is 33.0 Å². The second-order valence-electron chi connectivity index (χ2n) is 7.90. The predicted molar refractivity (Wildman–Crippen MR) is 128 cm³/mol. The number of hydrogen-bond donors (Lipinski definition) is 0. The van der Waals surface area contributed by atoms with E-state index in [-0.39, 0.29) is 29.8 Å². The predicted octanol–water partition coefficient (Wildman–Crippen LogP) is 2.84. The van der Waals surface area contributed by atoms with Gasteiger partial charge in [0, 0.05) is 38.9 Å². The molecule has 3 rings (SSSR count). The van der Waals surface area contributed by atoms with Crippen LogP contribution in [0, 0.1) is 5.82 Å². The zero-order chi connectivity index (χ0) is 24.7. The average Bonchev–Trinajstić information content (AvgIpc) is 2.85. The van der Waals surface area contributed by atoms with Gasteiger partial charge in [-0.1, -0.05) is 13.8 Å². The molecule has 0 atom stereocenters. The number of halogens is 1. The molecule has 186 valence electrons. The highest BCUT2D eigenvalue weighted by molar-refractivity contribution is 7.89. The van der Waals surface area contributed by atoms with Gasteiger partial charge in [0.25, 0.3) is 5.91 Å². The van der Waals surface area contributed by atoms with Crippen LogP contribution in [-0.4, -0.2) is 83.1 Å². The molecular weight excluding hydrogens is 461 g/mol. The van der Waals surface area contributed by atoms with Gasteiger partial charge >= 0.3 is 0 Å². The van der Waals surface area contributed by atoms with Gasteiger partial charge in [-0.2, -0.15) is 4.31 Å². The van der Waals surface area contributed by atoms with E-state index in [1.807, 2.05) is 4.90 Å². The summed E-state index contributed by atoms with van der Waals surface area (Å²) >= 11 is 0. The summed E-state index contributed by atoms with van der Waals surface area (Å²) in [5, 5.41) is 0. The second-order valence-corrected chi connectivity index (χ2v) is 9.83. The van der Waals surface area contributed by atoms with Crippen LogP contribution in [0.1, 0.15) is 24.2 Å². The van der Waals surface area contributed by atoms with Crippen LogP contribution >= 0.6 is 0 Å². The monoisotopic (exact) mass is 493 g/mol. The molecule has 34 heavy (non-hydrogen) atoms. The summed E-state index contributed by atoms with van der Waals surface area (Å²) in [6.45, 7) is 7.02. The third kappa shape index (κ3) is 6.05. The Balaban J connectivity index is 1.84. The molecule has 1 fully saturated rings. The van der Waals surface area contributed by atoms with Gasteiger partial charge in [-0.05, 0) is 42.5 Å². The molecule has 0 bridgehead atoms. The molecule has 0 aliphatic carbocycles. The van der Waals surface area contributed by atoms with Crippen molar-refractivity contribution in [1.29, 1.82) is 0 Å². The molecule has 0 saturated carbocycles. The van der Waals surface area contributed by atoms with Crippen LogP contribution < -0.4 is 9.64 Å². The molecule has 2 aromatic carbocycles. The van der Waals surface area contributed by atoms with Crippen LogP contribution in [0.4, 0.5) is 10.1 Å². The van der Waals surface area contributed by atoms with Crippen molar-refractivity contribution < 1.29 is 27.1 Å². The van der Waals surface area contributed by atoms with Gasteiger partial charge in [-0.3, -0.25) is 4.79 Å². The lowest BCUT2D eigenvalue weighted by Crippen LogP contribution is -2.39. The number of carbonyl (C=O) groups is 1. The molecule has 0 N–H and O–H groups in total. The van der Waals surface area contributed by atoms with Crippen molar-refractivity contribution in [3.8, 4) is 5.75 Å². The van der Waals surface area contributed by atoms with E-state index in [0.717, 1.165) is 0 Å². The standard InChI is InChI=1S/C24H32FN3O5S/c1-4-28(5-2)34(30,31)21-10-11-23(27-13-15-32-16-14-27)22(18-21)24(29)26(3)12-17-33-20-8-6-19(25)7-9-20/h6-11,18H,4-5,12-17H2,1-3H3. The second kappa shape index (κ2) is 11.6.